The number of para-hydroxylation sites is 1. The molecule has 11 heteroatoms. The summed E-state index contributed by atoms with van der Waals surface area (Å²) in [6, 6.07) is 15.1. The number of pyridine rings is 2. The van der Waals surface area contributed by atoms with E-state index < -0.39 is 17.4 Å². The van der Waals surface area contributed by atoms with Gasteiger partial charge in [0.25, 0.3) is 11.8 Å². The molecule has 0 radical (unpaired) electrons. The van der Waals surface area contributed by atoms with Crippen molar-refractivity contribution in [2.75, 3.05) is 13.1 Å². The topological polar surface area (TPSA) is 154 Å². The normalized spacial score (nSPS) is 18.6. The molecule has 2 bridgehead atoms. The Morgan fingerprint density at radius 1 is 0.953 bits per heavy atom. The van der Waals surface area contributed by atoms with Crippen LogP contribution in [0.15, 0.2) is 67.0 Å². The second kappa shape index (κ2) is 10.6. The van der Waals surface area contributed by atoms with Crippen LogP contribution in [0.2, 0.25) is 0 Å². The first-order valence-corrected chi connectivity index (χ1v) is 14.2. The predicted octanol–water partition coefficient (Wildman–Crippen LogP) is 2.99. The number of H-pyrrole nitrogens is 1. The number of nitrogens with two attached hydrogens (primary N) is 1. The van der Waals surface area contributed by atoms with Crippen molar-refractivity contribution in [1.29, 1.82) is 0 Å². The fourth-order valence-electron chi connectivity index (χ4n) is 5.93. The summed E-state index contributed by atoms with van der Waals surface area (Å²) in [6.07, 6.45) is 3.66. The van der Waals surface area contributed by atoms with Gasteiger partial charge in [-0.1, -0.05) is 39.0 Å². The molecule has 43 heavy (non-hydrogen) atoms. The summed E-state index contributed by atoms with van der Waals surface area (Å²) in [5.74, 6) is -1.22. The predicted molar refractivity (Wildman–Crippen MR) is 160 cm³/mol. The van der Waals surface area contributed by atoms with Gasteiger partial charge in [0.15, 0.2) is 0 Å². The zero-order valence-electron chi connectivity index (χ0n) is 24.2. The van der Waals surface area contributed by atoms with Crippen molar-refractivity contribution in [1.82, 2.24) is 30.1 Å². The number of hydrogen-bond donors (Lipinski definition) is 3. The highest BCUT2D eigenvalue weighted by Crippen LogP contribution is 2.34. The van der Waals surface area contributed by atoms with Gasteiger partial charge in [-0.15, -0.1) is 0 Å². The number of amides is 4. The first-order valence-electron chi connectivity index (χ1n) is 14.2. The summed E-state index contributed by atoms with van der Waals surface area (Å²) in [5, 5.41) is 3.90. The van der Waals surface area contributed by atoms with Crippen molar-refractivity contribution in [3.63, 3.8) is 0 Å². The number of benzene rings is 1. The van der Waals surface area contributed by atoms with E-state index >= 15 is 0 Å². The molecule has 0 spiro atoms. The van der Waals surface area contributed by atoms with E-state index in [1.807, 2.05) is 49.9 Å². The van der Waals surface area contributed by atoms with Gasteiger partial charge in [0.2, 0.25) is 11.8 Å². The second-order valence-corrected chi connectivity index (χ2v) is 12.3. The Kier molecular flexibility index (Phi) is 6.95. The lowest BCUT2D eigenvalue weighted by Crippen LogP contribution is -2.59. The molecule has 0 saturated carbocycles. The highest BCUT2D eigenvalue weighted by atomic mass is 16.2. The monoisotopic (exact) mass is 579 g/mol. The molecule has 0 aliphatic carbocycles. The van der Waals surface area contributed by atoms with Crippen LogP contribution in [0, 0.1) is 5.41 Å². The number of likely N-dealkylation sites (tertiary alicyclic amines) is 2. The maximum atomic E-state index is 13.9. The maximum absolute atomic E-state index is 13.9. The quantitative estimate of drug-likeness (QED) is 0.319. The molecule has 5 heterocycles. The molecular formula is C32H33N7O4. The van der Waals surface area contributed by atoms with Crippen molar-refractivity contribution in [2.45, 2.75) is 45.3 Å². The highest BCUT2D eigenvalue weighted by Gasteiger charge is 2.50. The first-order chi connectivity index (χ1) is 20.5. The largest absolute Gasteiger partial charge is 0.366 e. The minimum absolute atomic E-state index is 0.129. The molecule has 1 aromatic carbocycles. The minimum Gasteiger partial charge on any atom is -0.366 e. The van der Waals surface area contributed by atoms with Crippen LogP contribution in [0.5, 0.6) is 0 Å². The third-order valence-electron chi connectivity index (χ3n) is 8.27. The number of aromatic nitrogens is 3. The number of hydrogen-bond acceptors (Lipinski definition) is 6. The van der Waals surface area contributed by atoms with Crippen molar-refractivity contribution >= 4 is 34.5 Å². The molecule has 2 aliphatic rings. The number of primary amides is 1. The van der Waals surface area contributed by atoms with E-state index in [1.165, 1.54) is 6.20 Å². The van der Waals surface area contributed by atoms with Gasteiger partial charge >= 0.3 is 0 Å². The van der Waals surface area contributed by atoms with Crippen LogP contribution in [0.4, 0.5) is 0 Å². The van der Waals surface area contributed by atoms with Crippen molar-refractivity contribution < 1.29 is 19.2 Å². The Hall–Kier alpha value is -5.06. The van der Waals surface area contributed by atoms with E-state index in [1.54, 1.807) is 41.4 Å². The van der Waals surface area contributed by atoms with E-state index in [0.29, 0.717) is 47.7 Å². The lowest BCUT2D eigenvalue weighted by molar-refractivity contribution is -0.138. The van der Waals surface area contributed by atoms with E-state index in [9.17, 15) is 19.2 Å². The van der Waals surface area contributed by atoms with Crippen molar-refractivity contribution in [3.05, 3.63) is 83.9 Å². The molecule has 11 nitrogen and oxygen atoms in total. The average molecular weight is 580 g/mol. The fourth-order valence-corrected chi connectivity index (χ4v) is 5.93. The highest BCUT2D eigenvalue weighted by molar-refractivity contribution is 6.00. The Bertz CT molecular complexity index is 1690. The van der Waals surface area contributed by atoms with E-state index in [4.69, 9.17) is 5.73 Å². The molecule has 6 rings (SSSR count). The molecule has 2 fully saturated rings. The zero-order valence-corrected chi connectivity index (χ0v) is 24.2. The Morgan fingerprint density at radius 3 is 2.30 bits per heavy atom. The number of nitrogens with zero attached hydrogens (tertiary/aromatic N) is 4. The Morgan fingerprint density at radius 2 is 1.70 bits per heavy atom. The Labute approximate surface area is 248 Å². The molecule has 4 aromatic rings. The number of nitrogens with one attached hydrogen (secondary N) is 2. The van der Waals surface area contributed by atoms with Crippen LogP contribution < -0.4 is 11.1 Å². The van der Waals surface area contributed by atoms with Crippen LogP contribution in [0.3, 0.4) is 0 Å². The summed E-state index contributed by atoms with van der Waals surface area (Å²) in [6.45, 7) is 6.60. The van der Waals surface area contributed by atoms with Crippen LogP contribution in [0.25, 0.3) is 22.2 Å². The Balaban J connectivity index is 1.11. The molecule has 3 aromatic heterocycles. The average Bonchev–Trinajstić information content (AvgIpc) is 3.73. The van der Waals surface area contributed by atoms with E-state index in [0.717, 1.165) is 10.9 Å². The smallest absolute Gasteiger partial charge is 0.272 e. The molecule has 2 aliphatic heterocycles. The van der Waals surface area contributed by atoms with Gasteiger partial charge in [-0.05, 0) is 48.2 Å². The standard InChI is InChI=1S/C32H33N7O4/c1-32(2,3)27(37-29(41)26-12-18-6-4-5-7-24(18)36-26)31(43)39-17-21-13-22(39)16-38(21)30(42)25-11-8-19(14-35-25)23-10-9-20(15-34-23)28(33)40/h4-12,14-15,21-22,27,36H,13,16-17H2,1-3H3,(H2,33,40)(H,37,41)/t21?,22-,27+/m0/s1. The van der Waals surface area contributed by atoms with Gasteiger partial charge < -0.3 is 25.8 Å². The molecule has 4 amide bonds. The van der Waals surface area contributed by atoms with Gasteiger partial charge in [-0.3, -0.25) is 29.1 Å². The van der Waals surface area contributed by atoms with Crippen LogP contribution in [0.1, 0.15) is 58.5 Å². The van der Waals surface area contributed by atoms with Gasteiger partial charge in [-0.2, -0.15) is 0 Å². The van der Waals surface area contributed by atoms with Gasteiger partial charge in [0.1, 0.15) is 17.4 Å². The molecular weight excluding hydrogens is 546 g/mol. The minimum atomic E-state index is -0.741. The van der Waals surface area contributed by atoms with Crippen LogP contribution >= 0.6 is 0 Å². The van der Waals surface area contributed by atoms with Gasteiger partial charge in [-0.25, -0.2) is 0 Å². The number of carbonyl (C=O) groups excluding carboxylic acids is 4. The lowest BCUT2D eigenvalue weighted by Gasteiger charge is -2.39. The summed E-state index contributed by atoms with van der Waals surface area (Å²) in [5.41, 5.74) is 7.93. The SMILES string of the molecule is CC(C)(C)[C@H](NC(=O)c1cc2ccccc2[nH]1)C(=O)N1CC2C[C@H]1CN2C(=O)c1ccc(-c2ccc(C(N)=O)cn2)cn1. The van der Waals surface area contributed by atoms with Crippen molar-refractivity contribution in [3.8, 4) is 11.3 Å². The summed E-state index contributed by atoms with van der Waals surface area (Å²) >= 11 is 0. The summed E-state index contributed by atoms with van der Waals surface area (Å²) in [4.78, 5) is 67.1. The van der Waals surface area contributed by atoms with E-state index in [2.05, 4.69) is 20.3 Å². The number of aromatic amines is 1. The maximum Gasteiger partial charge on any atom is 0.272 e. The fraction of sp³-hybridized carbons (Fsp3) is 0.312. The number of carbonyl (C=O) groups is 4. The van der Waals surface area contributed by atoms with E-state index in [-0.39, 0.29) is 29.8 Å². The second-order valence-electron chi connectivity index (χ2n) is 12.3. The van der Waals surface area contributed by atoms with Crippen LogP contribution in [-0.2, 0) is 4.79 Å². The molecule has 1 unspecified atom stereocenters. The molecule has 2 saturated heterocycles. The summed E-state index contributed by atoms with van der Waals surface area (Å²) < 4.78 is 0. The van der Waals surface area contributed by atoms with Crippen LogP contribution in [-0.4, -0.2) is 79.6 Å². The van der Waals surface area contributed by atoms with Gasteiger partial charge in [0.05, 0.1) is 23.3 Å². The number of piperazine rings is 1. The third kappa shape index (κ3) is 5.33. The summed E-state index contributed by atoms with van der Waals surface area (Å²) in [7, 11) is 0. The third-order valence-corrected chi connectivity index (χ3v) is 8.27. The lowest BCUT2D eigenvalue weighted by atomic mass is 9.85. The molecule has 4 N–H and O–H groups in total. The first kappa shape index (κ1) is 28.1. The zero-order chi connectivity index (χ0) is 30.5. The number of fused-ring (bicyclic) bond motifs is 3. The number of rotatable bonds is 6. The van der Waals surface area contributed by atoms with Gasteiger partial charge in [0, 0.05) is 41.9 Å². The molecule has 3 atom stereocenters. The van der Waals surface area contributed by atoms with Crippen molar-refractivity contribution in [2.24, 2.45) is 11.1 Å². The molecule has 220 valence electrons.